The zero-order valence-electron chi connectivity index (χ0n) is 22.9. The number of hydrogen-bond acceptors (Lipinski definition) is 5. The summed E-state index contributed by atoms with van der Waals surface area (Å²) in [6, 6.07) is 22.2. The van der Waals surface area contributed by atoms with E-state index in [0.29, 0.717) is 28.7 Å². The summed E-state index contributed by atoms with van der Waals surface area (Å²) in [7, 11) is 1.48. The normalized spacial score (nSPS) is 30.3. The largest absolute Gasteiger partial charge is 0.505 e. The Morgan fingerprint density at radius 3 is 2.26 bits per heavy atom. The molecule has 7 heteroatoms. The van der Waals surface area contributed by atoms with Crippen LogP contribution < -0.4 is 0 Å². The van der Waals surface area contributed by atoms with Crippen LogP contribution in [0, 0.1) is 29.5 Å². The fourth-order valence-electron chi connectivity index (χ4n) is 8.11. The predicted molar refractivity (Wildman–Crippen MR) is 152 cm³/mol. The summed E-state index contributed by atoms with van der Waals surface area (Å²) < 4.78 is 15.0. The number of aromatic hydroxyl groups is 1. The van der Waals surface area contributed by atoms with E-state index in [-0.39, 0.29) is 29.8 Å². The molecule has 210 valence electrons. The molecule has 6 unspecified atom stereocenters. The summed E-state index contributed by atoms with van der Waals surface area (Å²) in [5.41, 5.74) is 1.32. The molecular formula is C35H28FNO5. The number of amides is 2. The third-order valence-corrected chi connectivity index (χ3v) is 9.90. The zero-order valence-corrected chi connectivity index (χ0v) is 22.9. The van der Waals surface area contributed by atoms with Gasteiger partial charge in [-0.05, 0) is 53.7 Å². The van der Waals surface area contributed by atoms with Crippen LogP contribution in [-0.2, 0) is 24.6 Å². The summed E-state index contributed by atoms with van der Waals surface area (Å²) >= 11 is 0. The van der Waals surface area contributed by atoms with E-state index in [4.69, 9.17) is 0 Å². The highest BCUT2D eigenvalue weighted by molar-refractivity contribution is 6.31. The Hall–Kier alpha value is -4.65. The Kier molecular flexibility index (Phi) is 5.91. The molecule has 4 aliphatic rings. The molecule has 1 heterocycles. The molecule has 0 spiro atoms. The molecule has 6 nitrogen and oxygen atoms in total. The number of ketones is 2. The number of Topliss-reactive ketones (excluding diaryl/α,β-unsaturated/α-hetero) is 1. The second-order valence-corrected chi connectivity index (χ2v) is 11.7. The van der Waals surface area contributed by atoms with Crippen LogP contribution in [0.25, 0.3) is 5.57 Å². The Bertz CT molecular complexity index is 1730. The fourth-order valence-corrected chi connectivity index (χ4v) is 8.11. The Labute approximate surface area is 242 Å². The van der Waals surface area contributed by atoms with Crippen LogP contribution in [-0.4, -0.2) is 40.4 Å². The number of fused-ring (bicyclic) bond motifs is 4. The first kappa shape index (κ1) is 26.3. The van der Waals surface area contributed by atoms with Gasteiger partial charge >= 0.3 is 0 Å². The summed E-state index contributed by atoms with van der Waals surface area (Å²) in [5, 5.41) is 10.1. The first-order chi connectivity index (χ1) is 20.2. The lowest BCUT2D eigenvalue weighted by atomic mass is 9.44. The third-order valence-electron chi connectivity index (χ3n) is 9.90. The first-order valence-electron chi connectivity index (χ1n) is 14.2. The lowest BCUT2D eigenvalue weighted by molar-refractivity contribution is -0.139. The van der Waals surface area contributed by atoms with Crippen molar-refractivity contribution >= 4 is 29.0 Å². The molecule has 0 aromatic heterocycles. The minimum absolute atomic E-state index is 0.195. The van der Waals surface area contributed by atoms with Crippen LogP contribution in [0.2, 0.25) is 0 Å². The van der Waals surface area contributed by atoms with Crippen molar-refractivity contribution in [1.82, 2.24) is 4.90 Å². The maximum absolute atomic E-state index is 15.0. The maximum Gasteiger partial charge on any atom is 0.233 e. The quantitative estimate of drug-likeness (QED) is 0.360. The lowest BCUT2D eigenvalue weighted by Crippen LogP contribution is -2.58. The number of allylic oxidation sites excluding steroid dienone is 4. The van der Waals surface area contributed by atoms with Gasteiger partial charge in [0.05, 0.1) is 17.3 Å². The minimum Gasteiger partial charge on any atom is -0.505 e. The Morgan fingerprint density at radius 1 is 0.881 bits per heavy atom. The van der Waals surface area contributed by atoms with Gasteiger partial charge in [-0.2, -0.15) is 0 Å². The highest BCUT2D eigenvalue weighted by Gasteiger charge is 2.65. The van der Waals surface area contributed by atoms with E-state index in [9.17, 15) is 24.3 Å². The smallest absolute Gasteiger partial charge is 0.233 e. The molecule has 2 fully saturated rings. The van der Waals surface area contributed by atoms with E-state index >= 15 is 4.39 Å². The van der Waals surface area contributed by atoms with Crippen molar-refractivity contribution in [1.29, 1.82) is 0 Å². The van der Waals surface area contributed by atoms with Crippen LogP contribution in [0.4, 0.5) is 4.39 Å². The number of carbonyl (C=O) groups is 4. The molecule has 3 aromatic carbocycles. The maximum atomic E-state index is 15.0. The minimum atomic E-state index is -1.42. The number of imide groups is 1. The summed E-state index contributed by atoms with van der Waals surface area (Å²) in [5.74, 6) is -5.81. The molecule has 1 N–H and O–H groups in total. The summed E-state index contributed by atoms with van der Waals surface area (Å²) in [4.78, 5) is 57.1. The van der Waals surface area contributed by atoms with Crippen LogP contribution in [0.5, 0.6) is 5.75 Å². The zero-order chi connectivity index (χ0) is 29.3. The molecule has 6 atom stereocenters. The molecule has 3 aromatic rings. The molecule has 1 saturated heterocycles. The molecule has 3 aliphatic carbocycles. The van der Waals surface area contributed by atoms with Gasteiger partial charge < -0.3 is 5.11 Å². The Balaban J connectivity index is 1.53. The van der Waals surface area contributed by atoms with Crippen molar-refractivity contribution in [3.63, 3.8) is 0 Å². The van der Waals surface area contributed by atoms with Gasteiger partial charge in [0.1, 0.15) is 0 Å². The fraction of sp³-hybridized carbons (Fsp3) is 0.257. The van der Waals surface area contributed by atoms with Gasteiger partial charge in [0.15, 0.2) is 23.1 Å². The van der Waals surface area contributed by atoms with Gasteiger partial charge in [0.2, 0.25) is 11.8 Å². The van der Waals surface area contributed by atoms with Crippen LogP contribution in [0.1, 0.15) is 35.4 Å². The Morgan fingerprint density at radius 2 is 1.57 bits per heavy atom. The highest BCUT2D eigenvalue weighted by atomic mass is 19.1. The number of halogens is 1. The average molecular weight is 562 g/mol. The van der Waals surface area contributed by atoms with Gasteiger partial charge in [0.25, 0.3) is 0 Å². The van der Waals surface area contributed by atoms with Crippen LogP contribution in [0.3, 0.4) is 0 Å². The molecule has 1 aliphatic heterocycles. The second kappa shape index (κ2) is 9.44. The molecule has 1 saturated carbocycles. The van der Waals surface area contributed by atoms with Gasteiger partial charge in [-0.3, -0.25) is 24.1 Å². The first-order valence-corrected chi connectivity index (χ1v) is 14.2. The van der Waals surface area contributed by atoms with Gasteiger partial charge in [-0.25, -0.2) is 4.39 Å². The van der Waals surface area contributed by atoms with Crippen LogP contribution >= 0.6 is 0 Å². The van der Waals surface area contributed by atoms with Crippen molar-refractivity contribution in [3.05, 3.63) is 119 Å². The van der Waals surface area contributed by atoms with Crippen molar-refractivity contribution in [2.75, 3.05) is 7.05 Å². The van der Waals surface area contributed by atoms with E-state index in [2.05, 4.69) is 0 Å². The SMILES string of the molecule is CN1C(=O)C2CC=C3C(CC4C(=O)C(c5ccccc5)=CC(=O)C4(c4ccccc4)C3c3ccc(O)c(F)c3)C2C1=O. The van der Waals surface area contributed by atoms with E-state index in [1.807, 2.05) is 42.5 Å². The summed E-state index contributed by atoms with van der Waals surface area (Å²) in [6.07, 6.45) is 3.86. The third kappa shape index (κ3) is 3.49. The number of hydrogen-bond donors (Lipinski definition) is 1. The number of phenolic OH excluding ortho intramolecular Hbond substituents is 1. The van der Waals surface area contributed by atoms with Gasteiger partial charge in [0, 0.05) is 24.5 Å². The number of likely N-dealkylation sites (tertiary alicyclic amines) is 1. The van der Waals surface area contributed by atoms with E-state index < -0.39 is 46.6 Å². The molecular weight excluding hydrogens is 533 g/mol. The monoisotopic (exact) mass is 561 g/mol. The van der Waals surface area contributed by atoms with Crippen molar-refractivity contribution < 1.29 is 28.7 Å². The molecule has 7 rings (SSSR count). The average Bonchev–Trinajstić information content (AvgIpc) is 3.23. The molecule has 42 heavy (non-hydrogen) atoms. The number of carbonyl (C=O) groups excluding carboxylic acids is 4. The molecule has 0 radical (unpaired) electrons. The predicted octanol–water partition coefficient (Wildman–Crippen LogP) is 4.99. The van der Waals surface area contributed by atoms with Crippen molar-refractivity contribution in [2.24, 2.45) is 23.7 Å². The number of phenols is 1. The topological polar surface area (TPSA) is 91.8 Å². The van der Waals surface area contributed by atoms with E-state index in [1.165, 1.54) is 30.2 Å². The van der Waals surface area contributed by atoms with Gasteiger partial charge in [-0.15, -0.1) is 0 Å². The molecule has 0 bridgehead atoms. The van der Waals surface area contributed by atoms with Crippen LogP contribution in [0.15, 0.2) is 96.6 Å². The van der Waals surface area contributed by atoms with E-state index in [0.717, 1.165) is 5.57 Å². The number of benzene rings is 3. The lowest BCUT2D eigenvalue weighted by Gasteiger charge is -2.55. The number of rotatable bonds is 3. The summed E-state index contributed by atoms with van der Waals surface area (Å²) in [6.45, 7) is 0. The second-order valence-electron chi connectivity index (χ2n) is 11.7. The standard InChI is InChI=1S/C35H28FNO5/c1-37-33(41)23-14-13-22-25(30(23)34(37)42)17-26-32(40)24(19-8-4-2-5-9-19)18-29(39)35(26,21-10-6-3-7-11-21)31(22)20-12-15-28(38)27(36)16-20/h2-13,15-16,18,23,25-26,30-31,38H,14,17H2,1H3. The highest BCUT2D eigenvalue weighted by Crippen LogP contribution is 2.63. The van der Waals surface area contributed by atoms with Crippen molar-refractivity contribution in [3.8, 4) is 5.75 Å². The van der Waals surface area contributed by atoms with Gasteiger partial charge in [-0.1, -0.05) is 78.4 Å². The van der Waals surface area contributed by atoms with Crippen molar-refractivity contribution in [2.45, 2.75) is 24.2 Å². The molecule has 2 amide bonds. The number of nitrogens with zero attached hydrogens (tertiary/aromatic N) is 1. The van der Waals surface area contributed by atoms with E-state index in [1.54, 1.807) is 30.3 Å².